The van der Waals surface area contributed by atoms with Crippen molar-refractivity contribution >= 4 is 11.6 Å². The Morgan fingerprint density at radius 1 is 0.941 bits per heavy atom. The van der Waals surface area contributed by atoms with Crippen molar-refractivity contribution in [2.45, 2.75) is 57.6 Å². The highest BCUT2D eigenvalue weighted by Crippen LogP contribution is 2.46. The number of hydrogen-bond acceptors (Lipinski definition) is 3. The summed E-state index contributed by atoms with van der Waals surface area (Å²) in [5.41, 5.74) is -4.13. The SMILES string of the molecule is CC(C)CC(C)c1nc(C(C(F)(F)F)C(F)(F)F)ccc1NC(=O)c1cnccc1C(F)(F)F. The molecule has 0 bridgehead atoms. The molecule has 13 heteroatoms. The normalized spacial score (nSPS) is 13.9. The predicted molar refractivity (Wildman–Crippen MR) is 104 cm³/mol. The van der Waals surface area contributed by atoms with E-state index < -0.39 is 53.1 Å². The van der Waals surface area contributed by atoms with Gasteiger partial charge in [-0.25, -0.2) is 0 Å². The molecule has 34 heavy (non-hydrogen) atoms. The molecular weight excluding hydrogens is 481 g/mol. The third kappa shape index (κ3) is 6.60. The zero-order valence-electron chi connectivity index (χ0n) is 18.0. The highest BCUT2D eigenvalue weighted by molar-refractivity contribution is 6.05. The van der Waals surface area contributed by atoms with Gasteiger partial charge in [-0.2, -0.15) is 39.5 Å². The lowest BCUT2D eigenvalue weighted by molar-refractivity contribution is -0.254. The van der Waals surface area contributed by atoms with Gasteiger partial charge in [0.1, 0.15) is 0 Å². The smallest absolute Gasteiger partial charge is 0.320 e. The van der Waals surface area contributed by atoms with Gasteiger partial charge in [-0.05, 0) is 30.5 Å². The molecule has 2 rings (SSSR count). The van der Waals surface area contributed by atoms with Crippen LogP contribution in [0.5, 0.6) is 0 Å². The number of nitrogens with zero attached hydrogens (tertiary/aromatic N) is 2. The number of carbonyl (C=O) groups is 1. The molecule has 0 radical (unpaired) electrons. The second-order valence-corrected chi connectivity index (χ2v) is 8.09. The molecule has 1 atom stereocenters. The quantitative estimate of drug-likeness (QED) is 0.430. The molecule has 2 heterocycles. The fraction of sp³-hybridized carbons (Fsp3) is 0.476. The topological polar surface area (TPSA) is 54.9 Å². The molecule has 2 aromatic heterocycles. The molecule has 0 aliphatic carbocycles. The maximum Gasteiger partial charge on any atom is 0.417 e. The van der Waals surface area contributed by atoms with Crippen molar-refractivity contribution in [3.05, 3.63) is 53.1 Å². The molecule has 1 unspecified atom stereocenters. The molecule has 0 saturated heterocycles. The number of carbonyl (C=O) groups excluding carboxylic acids is 1. The van der Waals surface area contributed by atoms with Gasteiger partial charge in [0.05, 0.1) is 28.2 Å². The zero-order chi connectivity index (χ0) is 26.1. The lowest BCUT2D eigenvalue weighted by atomic mass is 9.93. The van der Waals surface area contributed by atoms with Crippen molar-refractivity contribution < 1.29 is 44.3 Å². The first kappa shape index (κ1) is 27.4. The minimum Gasteiger partial charge on any atom is -0.320 e. The minimum atomic E-state index is -5.69. The van der Waals surface area contributed by atoms with Gasteiger partial charge in [0.25, 0.3) is 5.91 Å². The summed E-state index contributed by atoms with van der Waals surface area (Å²) in [5.74, 6) is -5.95. The maximum absolute atomic E-state index is 13.2. The van der Waals surface area contributed by atoms with E-state index in [9.17, 15) is 44.3 Å². The molecule has 2 aromatic rings. The molecule has 188 valence electrons. The van der Waals surface area contributed by atoms with Gasteiger partial charge in [-0.3, -0.25) is 14.8 Å². The van der Waals surface area contributed by atoms with Crippen LogP contribution in [-0.2, 0) is 6.18 Å². The molecule has 0 aliphatic rings. The van der Waals surface area contributed by atoms with Crippen molar-refractivity contribution in [3.8, 4) is 0 Å². The zero-order valence-corrected chi connectivity index (χ0v) is 18.0. The van der Waals surface area contributed by atoms with Crippen molar-refractivity contribution in [1.29, 1.82) is 0 Å². The van der Waals surface area contributed by atoms with Gasteiger partial charge in [-0.1, -0.05) is 20.8 Å². The van der Waals surface area contributed by atoms with Crippen molar-refractivity contribution in [3.63, 3.8) is 0 Å². The van der Waals surface area contributed by atoms with E-state index in [1.807, 2.05) is 0 Å². The van der Waals surface area contributed by atoms with Crippen LogP contribution in [0, 0.1) is 5.92 Å². The Labute approximate surface area is 188 Å². The van der Waals surface area contributed by atoms with E-state index in [0.717, 1.165) is 12.3 Å². The summed E-state index contributed by atoms with van der Waals surface area (Å²) in [6.45, 7) is 4.97. The summed E-state index contributed by atoms with van der Waals surface area (Å²) >= 11 is 0. The Hall–Kier alpha value is -2.86. The number of amides is 1. The fourth-order valence-electron chi connectivity index (χ4n) is 3.48. The molecule has 1 amide bonds. The first-order valence-corrected chi connectivity index (χ1v) is 9.89. The molecule has 4 nitrogen and oxygen atoms in total. The second-order valence-electron chi connectivity index (χ2n) is 8.09. The number of aromatic nitrogens is 2. The van der Waals surface area contributed by atoms with E-state index in [2.05, 4.69) is 15.3 Å². The summed E-state index contributed by atoms with van der Waals surface area (Å²) in [6, 6.07) is 1.79. The van der Waals surface area contributed by atoms with Crippen LogP contribution in [-0.4, -0.2) is 28.2 Å². The van der Waals surface area contributed by atoms with Gasteiger partial charge in [0.15, 0.2) is 5.92 Å². The molecular formula is C21H20F9N3O. The highest BCUT2D eigenvalue weighted by atomic mass is 19.4. The van der Waals surface area contributed by atoms with Gasteiger partial charge in [-0.15, -0.1) is 0 Å². The molecule has 1 N–H and O–H groups in total. The lowest BCUT2D eigenvalue weighted by Crippen LogP contribution is -2.35. The van der Waals surface area contributed by atoms with Crippen molar-refractivity contribution in [2.75, 3.05) is 5.32 Å². The Kier molecular flexibility index (Phi) is 7.88. The fourth-order valence-corrected chi connectivity index (χ4v) is 3.48. The Morgan fingerprint density at radius 3 is 2.03 bits per heavy atom. The number of alkyl halides is 9. The Balaban J connectivity index is 2.58. The van der Waals surface area contributed by atoms with Crippen LogP contribution < -0.4 is 5.32 Å². The molecule has 0 spiro atoms. The Bertz CT molecular complexity index is 1000. The minimum absolute atomic E-state index is 0.0554. The van der Waals surface area contributed by atoms with E-state index in [1.165, 1.54) is 6.92 Å². The standard InChI is InChI=1S/C21H20F9N3O/c1-10(2)8-11(3)16-14(4-5-15(32-16)17(20(25,26)27)21(28,29)30)33-18(34)12-9-31-7-6-13(12)19(22,23)24/h4-7,9-11,17H,8H2,1-3H3,(H,33,34). The molecule has 0 aromatic carbocycles. The monoisotopic (exact) mass is 501 g/mol. The van der Waals surface area contributed by atoms with Crippen molar-refractivity contribution in [1.82, 2.24) is 9.97 Å². The summed E-state index contributed by atoms with van der Waals surface area (Å²) in [7, 11) is 0. The van der Waals surface area contributed by atoms with Gasteiger partial charge in [0, 0.05) is 18.3 Å². The predicted octanol–water partition coefficient (Wildman–Crippen LogP) is 7.11. The van der Waals surface area contributed by atoms with E-state index in [0.29, 0.717) is 18.3 Å². The number of nitrogens with one attached hydrogen (secondary N) is 1. The van der Waals surface area contributed by atoms with Crippen LogP contribution in [0.4, 0.5) is 45.2 Å². The first-order valence-electron chi connectivity index (χ1n) is 9.89. The summed E-state index contributed by atoms with van der Waals surface area (Å²) in [6.07, 6.45) is -14.5. The Morgan fingerprint density at radius 2 is 1.53 bits per heavy atom. The van der Waals surface area contributed by atoms with Gasteiger partial charge in [0.2, 0.25) is 0 Å². The molecule has 0 fully saturated rings. The largest absolute Gasteiger partial charge is 0.417 e. The summed E-state index contributed by atoms with van der Waals surface area (Å²) in [4.78, 5) is 19.6. The third-order valence-electron chi connectivity index (χ3n) is 4.81. The number of halogens is 9. The number of hydrogen-bond donors (Lipinski definition) is 1. The van der Waals surface area contributed by atoms with E-state index in [-0.39, 0.29) is 23.7 Å². The van der Waals surface area contributed by atoms with Crippen LogP contribution in [0.2, 0.25) is 0 Å². The number of pyridine rings is 2. The highest BCUT2D eigenvalue weighted by Gasteiger charge is 2.58. The molecule has 0 aliphatic heterocycles. The van der Waals surface area contributed by atoms with E-state index in [1.54, 1.807) is 13.8 Å². The molecule has 0 saturated carbocycles. The average Bonchev–Trinajstić information content (AvgIpc) is 2.65. The van der Waals surface area contributed by atoms with Crippen LogP contribution in [0.15, 0.2) is 30.6 Å². The average molecular weight is 501 g/mol. The van der Waals surface area contributed by atoms with Crippen molar-refractivity contribution in [2.24, 2.45) is 5.92 Å². The maximum atomic E-state index is 13.2. The number of rotatable bonds is 6. The lowest BCUT2D eigenvalue weighted by Gasteiger charge is -2.25. The van der Waals surface area contributed by atoms with E-state index >= 15 is 0 Å². The first-order chi connectivity index (χ1) is 15.4. The van der Waals surface area contributed by atoms with Crippen LogP contribution in [0.3, 0.4) is 0 Å². The second kappa shape index (κ2) is 9.79. The van der Waals surface area contributed by atoms with Gasteiger partial charge < -0.3 is 5.32 Å². The van der Waals surface area contributed by atoms with E-state index in [4.69, 9.17) is 0 Å². The van der Waals surface area contributed by atoms with Crippen LogP contribution >= 0.6 is 0 Å². The summed E-state index contributed by atoms with van der Waals surface area (Å²) < 4.78 is 119. The van der Waals surface area contributed by atoms with Crippen LogP contribution in [0.25, 0.3) is 0 Å². The van der Waals surface area contributed by atoms with Crippen LogP contribution in [0.1, 0.15) is 66.3 Å². The summed E-state index contributed by atoms with van der Waals surface area (Å²) in [5, 5.41) is 2.13. The van der Waals surface area contributed by atoms with Gasteiger partial charge >= 0.3 is 18.5 Å². The third-order valence-corrected chi connectivity index (χ3v) is 4.81. The number of anilines is 1.